The van der Waals surface area contributed by atoms with Crippen LogP contribution >= 0.6 is 0 Å². The first-order chi connectivity index (χ1) is 13.0. The number of nitrogens with one attached hydrogen (secondary N) is 1. The van der Waals surface area contributed by atoms with Crippen LogP contribution in [0.25, 0.3) is 0 Å². The lowest BCUT2D eigenvalue weighted by molar-refractivity contribution is 0.0517. The molecule has 1 saturated heterocycles. The van der Waals surface area contributed by atoms with Crippen LogP contribution in [0, 0.1) is 0 Å². The van der Waals surface area contributed by atoms with E-state index in [0.717, 1.165) is 18.4 Å². The zero-order valence-electron chi connectivity index (χ0n) is 15.6. The highest BCUT2D eigenvalue weighted by Gasteiger charge is 2.36. The third-order valence-corrected chi connectivity index (χ3v) is 6.52. The lowest BCUT2D eigenvalue weighted by atomic mass is 9.74. The predicted molar refractivity (Wildman–Crippen MR) is 103 cm³/mol. The van der Waals surface area contributed by atoms with Gasteiger partial charge in [0.25, 0.3) is 0 Å². The summed E-state index contributed by atoms with van der Waals surface area (Å²) in [4.78, 5) is 0.0691. The molecular weight excluding hydrogens is 366 g/mol. The van der Waals surface area contributed by atoms with Crippen LogP contribution < -0.4 is 14.2 Å². The maximum Gasteiger partial charge on any atom is 0.244 e. The Hall–Kier alpha value is -2.09. The van der Waals surface area contributed by atoms with Crippen molar-refractivity contribution in [2.45, 2.75) is 23.2 Å². The summed E-state index contributed by atoms with van der Waals surface area (Å²) >= 11 is 0. The first-order valence-corrected chi connectivity index (χ1v) is 10.3. The van der Waals surface area contributed by atoms with Gasteiger partial charge in [-0.05, 0) is 30.5 Å². The van der Waals surface area contributed by atoms with Crippen molar-refractivity contribution < 1.29 is 22.6 Å². The van der Waals surface area contributed by atoms with Gasteiger partial charge in [0.05, 0.1) is 14.2 Å². The molecule has 3 rings (SSSR count). The molecule has 7 heteroatoms. The monoisotopic (exact) mass is 391 g/mol. The molecule has 0 unspecified atom stereocenters. The fourth-order valence-electron chi connectivity index (χ4n) is 3.43. The van der Waals surface area contributed by atoms with Crippen LogP contribution in [0.15, 0.2) is 53.4 Å². The largest absolute Gasteiger partial charge is 0.497 e. The Labute approximate surface area is 160 Å². The van der Waals surface area contributed by atoms with E-state index in [-0.39, 0.29) is 16.1 Å². The SMILES string of the molecule is COc1ccc(OC)c(S(=O)(=O)NCC2(c3ccccc3)CCOCC2)c1. The van der Waals surface area contributed by atoms with Gasteiger partial charge in [-0.1, -0.05) is 30.3 Å². The Morgan fingerprint density at radius 2 is 1.74 bits per heavy atom. The van der Waals surface area contributed by atoms with Crippen LogP contribution in [-0.2, 0) is 20.2 Å². The third-order valence-electron chi connectivity index (χ3n) is 5.10. The summed E-state index contributed by atoms with van der Waals surface area (Å²) in [6.45, 7) is 1.52. The van der Waals surface area contributed by atoms with Crippen LogP contribution in [0.5, 0.6) is 11.5 Å². The van der Waals surface area contributed by atoms with Crippen molar-refractivity contribution in [2.75, 3.05) is 34.0 Å². The van der Waals surface area contributed by atoms with E-state index in [2.05, 4.69) is 4.72 Å². The molecule has 1 aliphatic heterocycles. The third kappa shape index (κ3) is 4.26. The number of methoxy groups -OCH3 is 2. The zero-order chi connectivity index (χ0) is 19.3. The van der Waals surface area contributed by atoms with Gasteiger partial charge in [0, 0.05) is 31.2 Å². The summed E-state index contributed by atoms with van der Waals surface area (Å²) in [6.07, 6.45) is 1.52. The summed E-state index contributed by atoms with van der Waals surface area (Å²) in [5, 5.41) is 0. The summed E-state index contributed by atoms with van der Waals surface area (Å²) in [6, 6.07) is 14.7. The van der Waals surface area contributed by atoms with Crippen LogP contribution in [0.1, 0.15) is 18.4 Å². The van der Waals surface area contributed by atoms with Crippen molar-refractivity contribution in [1.82, 2.24) is 4.72 Å². The Kier molecular flexibility index (Phi) is 6.04. The molecular formula is C20H25NO5S. The zero-order valence-corrected chi connectivity index (χ0v) is 16.4. The molecule has 2 aromatic rings. The molecule has 0 radical (unpaired) electrons. The van der Waals surface area contributed by atoms with Crippen molar-refractivity contribution in [2.24, 2.45) is 0 Å². The Balaban J connectivity index is 1.89. The molecule has 0 spiro atoms. The maximum atomic E-state index is 13.0. The lowest BCUT2D eigenvalue weighted by Crippen LogP contribution is -2.44. The molecule has 1 N–H and O–H groups in total. The van der Waals surface area contributed by atoms with E-state index >= 15 is 0 Å². The number of ether oxygens (including phenoxy) is 3. The average molecular weight is 391 g/mol. The number of hydrogen-bond acceptors (Lipinski definition) is 5. The number of benzene rings is 2. The molecule has 1 aliphatic rings. The maximum absolute atomic E-state index is 13.0. The van der Waals surface area contributed by atoms with Gasteiger partial charge in [-0.15, -0.1) is 0 Å². The number of hydrogen-bond donors (Lipinski definition) is 1. The van der Waals surface area contributed by atoms with Crippen LogP contribution in [0.2, 0.25) is 0 Å². The van der Waals surface area contributed by atoms with Gasteiger partial charge >= 0.3 is 0 Å². The molecule has 0 saturated carbocycles. The molecule has 0 aromatic heterocycles. The van der Waals surface area contributed by atoms with Crippen molar-refractivity contribution >= 4 is 10.0 Å². The second-order valence-corrected chi connectivity index (χ2v) is 8.34. The van der Waals surface area contributed by atoms with Crippen molar-refractivity contribution in [1.29, 1.82) is 0 Å². The summed E-state index contributed by atoms with van der Waals surface area (Å²) in [7, 11) is -0.830. The van der Waals surface area contributed by atoms with Crippen LogP contribution in [-0.4, -0.2) is 42.4 Å². The van der Waals surface area contributed by atoms with Gasteiger partial charge in [0.1, 0.15) is 16.4 Å². The molecule has 2 aromatic carbocycles. The fourth-order valence-corrected chi connectivity index (χ4v) is 4.74. The van der Waals surface area contributed by atoms with E-state index in [9.17, 15) is 8.42 Å². The Morgan fingerprint density at radius 1 is 1.04 bits per heavy atom. The Morgan fingerprint density at radius 3 is 2.37 bits per heavy atom. The number of sulfonamides is 1. The standard InChI is InChI=1S/C20H25NO5S/c1-24-17-8-9-18(25-2)19(14-17)27(22,23)21-15-20(10-12-26-13-11-20)16-6-4-3-5-7-16/h3-9,14,21H,10-13,15H2,1-2H3. The molecule has 1 fully saturated rings. The topological polar surface area (TPSA) is 73.9 Å². The van der Waals surface area contributed by atoms with Crippen LogP contribution in [0.4, 0.5) is 0 Å². The fraction of sp³-hybridized carbons (Fsp3) is 0.400. The smallest absolute Gasteiger partial charge is 0.244 e. The quantitative estimate of drug-likeness (QED) is 0.786. The number of rotatable bonds is 7. The highest BCUT2D eigenvalue weighted by Crippen LogP contribution is 2.35. The summed E-state index contributed by atoms with van der Waals surface area (Å²) in [5.74, 6) is 0.740. The van der Waals surface area contributed by atoms with Gasteiger partial charge in [0.15, 0.2) is 0 Å². The second-order valence-electron chi connectivity index (χ2n) is 6.60. The lowest BCUT2D eigenvalue weighted by Gasteiger charge is -2.38. The van der Waals surface area contributed by atoms with E-state index in [4.69, 9.17) is 14.2 Å². The summed E-state index contributed by atoms with van der Waals surface area (Å²) < 4.78 is 44.8. The molecule has 6 nitrogen and oxygen atoms in total. The van der Waals surface area contributed by atoms with Crippen molar-refractivity contribution in [3.63, 3.8) is 0 Å². The van der Waals surface area contributed by atoms with Crippen molar-refractivity contribution in [3.8, 4) is 11.5 Å². The highest BCUT2D eigenvalue weighted by atomic mass is 32.2. The molecule has 27 heavy (non-hydrogen) atoms. The van der Waals surface area contributed by atoms with Gasteiger partial charge in [-0.3, -0.25) is 0 Å². The van der Waals surface area contributed by atoms with Gasteiger partial charge in [0.2, 0.25) is 10.0 Å². The van der Waals surface area contributed by atoms with Gasteiger partial charge < -0.3 is 14.2 Å². The first-order valence-electron chi connectivity index (χ1n) is 8.86. The van der Waals surface area contributed by atoms with Gasteiger partial charge in [-0.2, -0.15) is 0 Å². The molecule has 0 aliphatic carbocycles. The van der Waals surface area contributed by atoms with Gasteiger partial charge in [-0.25, -0.2) is 13.1 Å². The normalized spacial score (nSPS) is 16.7. The molecule has 0 amide bonds. The molecule has 146 valence electrons. The van der Waals surface area contributed by atoms with Crippen LogP contribution in [0.3, 0.4) is 0 Å². The second kappa shape index (κ2) is 8.29. The van der Waals surface area contributed by atoms with Crippen molar-refractivity contribution in [3.05, 3.63) is 54.1 Å². The average Bonchev–Trinajstić information content (AvgIpc) is 2.73. The minimum absolute atomic E-state index is 0.0691. The Bertz CT molecular complexity index is 861. The predicted octanol–water partition coefficient (Wildman–Crippen LogP) is 2.73. The van der Waals surface area contributed by atoms with E-state index in [1.807, 2.05) is 30.3 Å². The molecule has 1 heterocycles. The van der Waals surface area contributed by atoms with E-state index in [1.165, 1.54) is 20.3 Å². The minimum Gasteiger partial charge on any atom is -0.497 e. The van der Waals surface area contributed by atoms with E-state index < -0.39 is 10.0 Å². The summed E-state index contributed by atoms with van der Waals surface area (Å²) in [5.41, 5.74) is 0.826. The first kappa shape index (κ1) is 19.7. The highest BCUT2D eigenvalue weighted by molar-refractivity contribution is 7.89. The van der Waals surface area contributed by atoms with E-state index in [0.29, 0.717) is 25.5 Å². The molecule has 0 bridgehead atoms. The molecule has 0 atom stereocenters. The minimum atomic E-state index is -3.78. The van der Waals surface area contributed by atoms with E-state index in [1.54, 1.807) is 12.1 Å².